The number of anilines is 1. The number of benzene rings is 3. The van der Waals surface area contributed by atoms with Crippen LogP contribution in [0.25, 0.3) is 11.3 Å². The number of nitrogens with one attached hydrogen (secondary N) is 1. The third-order valence-corrected chi connectivity index (χ3v) is 9.13. The molecule has 1 aromatic heterocycles. The standard InChI is InChI=1S/C34H36N4O6S/c1-41-25-13-9-22(10-14-25)30-29(35)32(45-37-30)34(40)38(19-21-8-17-27-28(18-21)44-20-43-27)31(23-11-15-26(42-2)16-12-23)33(39)36-24-6-4-3-5-7-24/h8-18,24,31H,3-7,19-20,35H2,1-2H3,(H,36,39). The van der Waals surface area contributed by atoms with Crippen LogP contribution in [0.3, 0.4) is 0 Å². The molecule has 234 valence electrons. The summed E-state index contributed by atoms with van der Waals surface area (Å²) in [5.41, 5.74) is 9.57. The van der Waals surface area contributed by atoms with Gasteiger partial charge in [0.05, 0.1) is 19.9 Å². The van der Waals surface area contributed by atoms with Crippen molar-refractivity contribution in [3.63, 3.8) is 0 Å². The van der Waals surface area contributed by atoms with Crippen molar-refractivity contribution < 1.29 is 28.5 Å². The second-order valence-corrected chi connectivity index (χ2v) is 11.9. The summed E-state index contributed by atoms with van der Waals surface area (Å²) in [5, 5.41) is 3.25. The molecule has 1 saturated carbocycles. The van der Waals surface area contributed by atoms with Gasteiger partial charge < -0.3 is 34.9 Å². The molecule has 11 heteroatoms. The lowest BCUT2D eigenvalue weighted by atomic mass is 9.94. The maximum atomic E-state index is 14.6. The second-order valence-electron chi connectivity index (χ2n) is 11.1. The summed E-state index contributed by atoms with van der Waals surface area (Å²) >= 11 is 1.02. The van der Waals surface area contributed by atoms with Gasteiger partial charge in [-0.15, -0.1) is 0 Å². The second kappa shape index (κ2) is 13.5. The van der Waals surface area contributed by atoms with E-state index in [1.165, 1.54) is 0 Å². The van der Waals surface area contributed by atoms with Crippen LogP contribution in [-0.4, -0.2) is 48.1 Å². The molecule has 4 aromatic rings. The molecule has 3 aromatic carbocycles. The minimum atomic E-state index is -0.957. The fourth-order valence-corrected chi connectivity index (χ4v) is 6.62. The lowest BCUT2D eigenvalue weighted by Crippen LogP contribution is -2.46. The third kappa shape index (κ3) is 6.53. The predicted octanol–water partition coefficient (Wildman–Crippen LogP) is 5.97. The molecule has 1 unspecified atom stereocenters. The third-order valence-electron chi connectivity index (χ3n) is 8.28. The van der Waals surface area contributed by atoms with E-state index in [-0.39, 0.29) is 35.9 Å². The van der Waals surface area contributed by atoms with Crippen molar-refractivity contribution in [2.45, 2.75) is 50.7 Å². The van der Waals surface area contributed by atoms with Gasteiger partial charge in [0.2, 0.25) is 12.7 Å². The van der Waals surface area contributed by atoms with Gasteiger partial charge >= 0.3 is 0 Å². The minimum absolute atomic E-state index is 0.0460. The molecule has 10 nitrogen and oxygen atoms in total. The van der Waals surface area contributed by atoms with E-state index in [4.69, 9.17) is 24.7 Å². The van der Waals surface area contributed by atoms with Crippen LogP contribution >= 0.6 is 11.5 Å². The van der Waals surface area contributed by atoms with Crippen molar-refractivity contribution >= 4 is 29.0 Å². The SMILES string of the molecule is COc1ccc(-c2nsc(C(=O)N(Cc3ccc4c(c3)OCO4)C(C(=O)NC3CCCCC3)c3ccc(OC)cc3)c2N)cc1. The van der Waals surface area contributed by atoms with Crippen molar-refractivity contribution in [3.05, 3.63) is 82.7 Å². The minimum Gasteiger partial charge on any atom is -0.497 e. The lowest BCUT2D eigenvalue weighted by molar-refractivity contribution is -0.127. The molecule has 3 N–H and O–H groups in total. The number of nitrogens with two attached hydrogens (primary N) is 1. The molecular formula is C34H36N4O6S. The summed E-state index contributed by atoms with van der Waals surface area (Å²) in [6.07, 6.45) is 5.09. The first-order valence-electron chi connectivity index (χ1n) is 15.0. The van der Waals surface area contributed by atoms with Crippen LogP contribution in [0.5, 0.6) is 23.0 Å². The van der Waals surface area contributed by atoms with E-state index >= 15 is 0 Å². The topological polar surface area (TPSA) is 125 Å². The summed E-state index contributed by atoms with van der Waals surface area (Å²) in [7, 11) is 3.19. The zero-order chi connectivity index (χ0) is 31.3. The predicted molar refractivity (Wildman–Crippen MR) is 172 cm³/mol. The maximum absolute atomic E-state index is 14.6. The highest BCUT2D eigenvalue weighted by Crippen LogP contribution is 2.37. The zero-order valence-corrected chi connectivity index (χ0v) is 26.1. The molecule has 1 atom stereocenters. The number of ether oxygens (including phenoxy) is 4. The van der Waals surface area contributed by atoms with Gasteiger partial charge in [0.25, 0.3) is 5.91 Å². The van der Waals surface area contributed by atoms with Gasteiger partial charge in [0, 0.05) is 18.2 Å². The van der Waals surface area contributed by atoms with E-state index in [0.717, 1.165) is 54.8 Å². The maximum Gasteiger partial charge on any atom is 0.268 e. The molecular weight excluding hydrogens is 592 g/mol. The van der Waals surface area contributed by atoms with Gasteiger partial charge in [-0.2, -0.15) is 4.37 Å². The van der Waals surface area contributed by atoms with Crippen LogP contribution in [0.15, 0.2) is 66.7 Å². The summed E-state index contributed by atoms with van der Waals surface area (Å²) < 4.78 is 26.4. The van der Waals surface area contributed by atoms with Crippen LogP contribution < -0.4 is 30.0 Å². The number of nitrogens with zero attached hydrogens (tertiary/aromatic N) is 2. The monoisotopic (exact) mass is 628 g/mol. The van der Waals surface area contributed by atoms with Gasteiger partial charge in [-0.3, -0.25) is 9.59 Å². The van der Waals surface area contributed by atoms with Crippen LogP contribution in [0.1, 0.15) is 58.9 Å². The average molecular weight is 629 g/mol. The molecule has 1 aliphatic carbocycles. The van der Waals surface area contributed by atoms with Gasteiger partial charge in [0.15, 0.2) is 11.5 Å². The van der Waals surface area contributed by atoms with E-state index in [9.17, 15) is 9.59 Å². The van der Waals surface area contributed by atoms with Crippen LogP contribution in [0, 0.1) is 0 Å². The highest BCUT2D eigenvalue weighted by Gasteiger charge is 2.36. The van der Waals surface area contributed by atoms with Crippen molar-refractivity contribution in [2.75, 3.05) is 26.7 Å². The average Bonchev–Trinajstić information content (AvgIpc) is 3.71. The number of aromatic nitrogens is 1. The van der Waals surface area contributed by atoms with Crippen LogP contribution in [-0.2, 0) is 11.3 Å². The molecule has 0 saturated heterocycles. The lowest BCUT2D eigenvalue weighted by Gasteiger charge is -2.33. The Hall–Kier alpha value is -4.77. The number of rotatable bonds is 10. The highest BCUT2D eigenvalue weighted by molar-refractivity contribution is 7.09. The highest BCUT2D eigenvalue weighted by atomic mass is 32.1. The Morgan fingerprint density at radius 3 is 2.31 bits per heavy atom. The van der Waals surface area contributed by atoms with Gasteiger partial charge in [0.1, 0.15) is 28.1 Å². The summed E-state index contributed by atoms with van der Waals surface area (Å²) in [4.78, 5) is 30.7. The summed E-state index contributed by atoms with van der Waals surface area (Å²) in [5.74, 6) is 1.92. The number of carbonyl (C=O) groups is 2. The number of fused-ring (bicyclic) bond motifs is 1. The Labute approximate surface area is 266 Å². The number of methoxy groups -OCH3 is 2. The number of carbonyl (C=O) groups excluding carboxylic acids is 2. The van der Waals surface area contributed by atoms with E-state index in [1.807, 2.05) is 54.6 Å². The van der Waals surface area contributed by atoms with Gasteiger partial charge in [-0.25, -0.2) is 0 Å². The van der Waals surface area contributed by atoms with Crippen LogP contribution in [0.4, 0.5) is 5.69 Å². The smallest absolute Gasteiger partial charge is 0.268 e. The molecule has 1 aliphatic heterocycles. The Morgan fingerprint density at radius 2 is 1.62 bits per heavy atom. The molecule has 0 radical (unpaired) electrons. The quantitative estimate of drug-likeness (QED) is 0.220. The van der Waals surface area contributed by atoms with E-state index in [2.05, 4.69) is 9.69 Å². The first-order valence-corrected chi connectivity index (χ1v) is 15.8. The van der Waals surface area contributed by atoms with Crippen molar-refractivity contribution in [3.8, 4) is 34.3 Å². The molecule has 2 heterocycles. The van der Waals surface area contributed by atoms with E-state index < -0.39 is 11.9 Å². The molecule has 45 heavy (non-hydrogen) atoms. The molecule has 2 amide bonds. The Kier molecular flexibility index (Phi) is 9.06. The Bertz CT molecular complexity index is 1650. The fraction of sp³-hybridized carbons (Fsp3) is 0.324. The Morgan fingerprint density at radius 1 is 0.956 bits per heavy atom. The largest absolute Gasteiger partial charge is 0.497 e. The van der Waals surface area contributed by atoms with E-state index in [1.54, 1.807) is 31.3 Å². The molecule has 6 rings (SSSR count). The molecule has 0 spiro atoms. The molecule has 0 bridgehead atoms. The van der Waals surface area contributed by atoms with Crippen LogP contribution in [0.2, 0.25) is 0 Å². The van der Waals surface area contributed by atoms with Crippen molar-refractivity contribution in [1.29, 1.82) is 0 Å². The summed E-state index contributed by atoms with van der Waals surface area (Å²) in [6, 6.07) is 19.2. The normalized spacial score (nSPS) is 14.9. The zero-order valence-electron chi connectivity index (χ0n) is 25.3. The first-order chi connectivity index (χ1) is 21.9. The molecule has 1 fully saturated rings. The van der Waals surface area contributed by atoms with Gasteiger partial charge in [-0.1, -0.05) is 37.5 Å². The van der Waals surface area contributed by atoms with Gasteiger partial charge in [-0.05, 0) is 84.0 Å². The number of amides is 2. The van der Waals surface area contributed by atoms with Crippen molar-refractivity contribution in [2.24, 2.45) is 0 Å². The number of nitrogen functional groups attached to an aromatic ring is 1. The molecule has 2 aliphatic rings. The number of hydrogen-bond acceptors (Lipinski definition) is 9. The fourth-order valence-electron chi connectivity index (χ4n) is 5.84. The first kappa shape index (κ1) is 30.3. The van der Waals surface area contributed by atoms with E-state index in [0.29, 0.717) is 34.3 Å². The van der Waals surface area contributed by atoms with Crippen molar-refractivity contribution in [1.82, 2.24) is 14.6 Å². The summed E-state index contributed by atoms with van der Waals surface area (Å²) in [6.45, 7) is 0.241. The number of hydrogen-bond donors (Lipinski definition) is 2. The Balaban J connectivity index is 1.41.